The molecule has 0 radical (unpaired) electrons. The van der Waals surface area contributed by atoms with Crippen molar-refractivity contribution in [1.82, 2.24) is 0 Å². The minimum absolute atomic E-state index is 0.210. The number of carbonyl (C=O) groups is 1. The van der Waals surface area contributed by atoms with Crippen LogP contribution in [0.2, 0.25) is 0 Å². The van der Waals surface area contributed by atoms with Crippen molar-refractivity contribution in [3.05, 3.63) is 34.9 Å². The monoisotopic (exact) mass is 275 g/mol. The van der Waals surface area contributed by atoms with Gasteiger partial charge in [-0.25, -0.2) is 0 Å². The van der Waals surface area contributed by atoms with Crippen LogP contribution in [0.1, 0.15) is 61.5 Å². The molecule has 0 amide bonds. The van der Waals surface area contributed by atoms with Crippen LogP contribution in [0.25, 0.3) is 0 Å². The second-order valence-electron chi connectivity index (χ2n) is 6.85. The number of benzene rings is 1. The molecule has 2 N–H and O–H groups in total. The van der Waals surface area contributed by atoms with E-state index in [1.807, 2.05) is 19.1 Å². The maximum absolute atomic E-state index is 12.4. The molecule has 0 fully saturated rings. The smallest absolute Gasteiger partial charge is 0.163 e. The summed E-state index contributed by atoms with van der Waals surface area (Å²) in [4.78, 5) is 12.4. The van der Waals surface area contributed by atoms with Crippen molar-refractivity contribution in [2.24, 2.45) is 17.1 Å². The summed E-state index contributed by atoms with van der Waals surface area (Å²) in [5, 5.41) is 0. The van der Waals surface area contributed by atoms with E-state index in [0.717, 1.165) is 24.0 Å². The van der Waals surface area contributed by atoms with E-state index < -0.39 is 0 Å². The molecule has 0 spiro atoms. The first kappa shape index (κ1) is 16.9. The molecule has 2 nitrogen and oxygen atoms in total. The Balaban J connectivity index is 2.73. The number of carbonyl (C=O) groups excluding carboxylic acids is 1. The summed E-state index contributed by atoms with van der Waals surface area (Å²) in [6.07, 6.45) is 2.53. The highest BCUT2D eigenvalue weighted by Gasteiger charge is 2.24. The Kier molecular flexibility index (Phi) is 5.94. The maximum Gasteiger partial charge on any atom is 0.163 e. The Morgan fingerprint density at radius 1 is 1.20 bits per heavy atom. The highest BCUT2D eigenvalue weighted by atomic mass is 16.1. The second-order valence-corrected chi connectivity index (χ2v) is 6.85. The van der Waals surface area contributed by atoms with E-state index in [0.29, 0.717) is 18.9 Å². The fraction of sp³-hybridized carbons (Fsp3) is 0.611. The van der Waals surface area contributed by atoms with E-state index in [4.69, 9.17) is 5.73 Å². The molecule has 112 valence electrons. The normalized spacial score (nSPS) is 13.3. The fourth-order valence-electron chi connectivity index (χ4n) is 2.70. The average molecular weight is 275 g/mol. The first-order valence-electron chi connectivity index (χ1n) is 7.57. The first-order chi connectivity index (χ1) is 9.27. The summed E-state index contributed by atoms with van der Waals surface area (Å²) in [6.45, 7) is 11.5. The van der Waals surface area contributed by atoms with Gasteiger partial charge in [-0.2, -0.15) is 0 Å². The molecule has 0 aliphatic carbocycles. The van der Waals surface area contributed by atoms with Crippen LogP contribution in [-0.4, -0.2) is 12.3 Å². The fourth-order valence-corrected chi connectivity index (χ4v) is 2.70. The Morgan fingerprint density at radius 3 is 2.40 bits per heavy atom. The van der Waals surface area contributed by atoms with Gasteiger partial charge in [0.05, 0.1) is 0 Å². The van der Waals surface area contributed by atoms with Gasteiger partial charge < -0.3 is 5.73 Å². The minimum atomic E-state index is 0.210. The van der Waals surface area contributed by atoms with Crippen molar-refractivity contribution in [2.45, 2.75) is 53.9 Å². The molecule has 1 rings (SSSR count). The molecule has 1 aromatic rings. The van der Waals surface area contributed by atoms with Gasteiger partial charge in [0.2, 0.25) is 0 Å². The summed E-state index contributed by atoms with van der Waals surface area (Å²) in [5.41, 5.74) is 9.09. The van der Waals surface area contributed by atoms with Gasteiger partial charge in [-0.3, -0.25) is 4.79 Å². The molecular formula is C18H29NO. The summed E-state index contributed by atoms with van der Waals surface area (Å²) in [5.74, 6) is 0.763. The van der Waals surface area contributed by atoms with E-state index in [1.165, 1.54) is 5.56 Å². The largest absolute Gasteiger partial charge is 0.330 e. The molecule has 0 aromatic heterocycles. The van der Waals surface area contributed by atoms with Gasteiger partial charge in [-0.05, 0) is 55.7 Å². The van der Waals surface area contributed by atoms with Crippen LogP contribution in [-0.2, 0) is 0 Å². The Labute approximate surface area is 123 Å². The predicted molar refractivity (Wildman–Crippen MR) is 86.1 cm³/mol. The second kappa shape index (κ2) is 7.03. The summed E-state index contributed by atoms with van der Waals surface area (Å²) in [6, 6.07) is 5.97. The van der Waals surface area contributed by atoms with Gasteiger partial charge in [0.1, 0.15) is 0 Å². The molecule has 1 aromatic carbocycles. The lowest BCUT2D eigenvalue weighted by Gasteiger charge is -2.30. The van der Waals surface area contributed by atoms with E-state index in [2.05, 4.69) is 33.8 Å². The standard InChI is InChI=1S/C18H29NO/c1-13-7-6-8-16(14(13)2)17(20)10-9-15(11-12-19)18(3,4)5/h6-8,15H,9-12,19H2,1-5H3. The molecule has 2 heteroatoms. The third kappa shape index (κ3) is 4.45. The Morgan fingerprint density at radius 2 is 1.85 bits per heavy atom. The van der Waals surface area contributed by atoms with Gasteiger partial charge in [0.15, 0.2) is 5.78 Å². The molecule has 0 saturated heterocycles. The number of Topliss-reactive ketones (excluding diaryl/α,β-unsaturated/α-hetero) is 1. The lowest BCUT2D eigenvalue weighted by Crippen LogP contribution is -2.24. The molecule has 0 saturated carbocycles. The predicted octanol–water partition coefficient (Wildman–Crippen LogP) is 4.28. The third-order valence-corrected chi connectivity index (χ3v) is 4.36. The van der Waals surface area contributed by atoms with Crippen LogP contribution in [0, 0.1) is 25.2 Å². The van der Waals surface area contributed by atoms with E-state index in [9.17, 15) is 4.79 Å². The van der Waals surface area contributed by atoms with Gasteiger partial charge in [-0.15, -0.1) is 0 Å². The van der Waals surface area contributed by atoms with Gasteiger partial charge in [-0.1, -0.05) is 39.0 Å². The van der Waals surface area contributed by atoms with Gasteiger partial charge in [0.25, 0.3) is 0 Å². The SMILES string of the molecule is Cc1cccc(C(=O)CCC(CCN)C(C)(C)C)c1C. The summed E-state index contributed by atoms with van der Waals surface area (Å²) in [7, 11) is 0. The van der Waals surface area contributed by atoms with Crippen LogP contribution in [0.3, 0.4) is 0 Å². The number of hydrogen-bond acceptors (Lipinski definition) is 2. The molecule has 0 aliphatic heterocycles. The lowest BCUT2D eigenvalue weighted by molar-refractivity contribution is 0.0957. The van der Waals surface area contributed by atoms with E-state index in [-0.39, 0.29) is 11.2 Å². The molecule has 1 unspecified atom stereocenters. The molecule has 1 atom stereocenters. The Bertz CT molecular complexity index is 457. The van der Waals surface area contributed by atoms with Crippen molar-refractivity contribution in [3.63, 3.8) is 0 Å². The van der Waals surface area contributed by atoms with Crippen molar-refractivity contribution in [2.75, 3.05) is 6.54 Å². The van der Waals surface area contributed by atoms with E-state index in [1.54, 1.807) is 0 Å². The molecule has 20 heavy (non-hydrogen) atoms. The zero-order valence-corrected chi connectivity index (χ0v) is 13.6. The molecule has 0 heterocycles. The van der Waals surface area contributed by atoms with Gasteiger partial charge >= 0.3 is 0 Å². The Hall–Kier alpha value is -1.15. The number of aryl methyl sites for hydroxylation is 1. The highest BCUT2D eigenvalue weighted by Crippen LogP contribution is 2.32. The van der Waals surface area contributed by atoms with E-state index >= 15 is 0 Å². The quantitative estimate of drug-likeness (QED) is 0.787. The summed E-state index contributed by atoms with van der Waals surface area (Å²) >= 11 is 0. The molecule has 0 aliphatic rings. The lowest BCUT2D eigenvalue weighted by atomic mass is 9.75. The topological polar surface area (TPSA) is 43.1 Å². The van der Waals surface area contributed by atoms with Crippen molar-refractivity contribution in [3.8, 4) is 0 Å². The first-order valence-corrected chi connectivity index (χ1v) is 7.57. The van der Waals surface area contributed by atoms with Crippen molar-refractivity contribution in [1.29, 1.82) is 0 Å². The minimum Gasteiger partial charge on any atom is -0.330 e. The zero-order valence-electron chi connectivity index (χ0n) is 13.6. The van der Waals surface area contributed by atoms with Crippen LogP contribution in [0.4, 0.5) is 0 Å². The zero-order chi connectivity index (χ0) is 15.3. The third-order valence-electron chi connectivity index (χ3n) is 4.36. The average Bonchev–Trinajstić information content (AvgIpc) is 2.36. The number of rotatable bonds is 6. The highest BCUT2D eigenvalue weighted by molar-refractivity contribution is 5.97. The number of ketones is 1. The van der Waals surface area contributed by atoms with Crippen LogP contribution in [0.15, 0.2) is 18.2 Å². The van der Waals surface area contributed by atoms with Crippen LogP contribution >= 0.6 is 0 Å². The number of nitrogens with two attached hydrogens (primary N) is 1. The van der Waals surface area contributed by atoms with Crippen molar-refractivity contribution >= 4 is 5.78 Å². The molecular weight excluding hydrogens is 246 g/mol. The maximum atomic E-state index is 12.4. The van der Waals surface area contributed by atoms with Gasteiger partial charge in [0, 0.05) is 12.0 Å². The summed E-state index contributed by atoms with van der Waals surface area (Å²) < 4.78 is 0. The number of hydrogen-bond donors (Lipinski definition) is 1. The van der Waals surface area contributed by atoms with Crippen molar-refractivity contribution < 1.29 is 4.79 Å². The van der Waals surface area contributed by atoms with Crippen LogP contribution < -0.4 is 5.73 Å². The molecule has 0 bridgehead atoms. The van der Waals surface area contributed by atoms with Crippen LogP contribution in [0.5, 0.6) is 0 Å².